The quantitative estimate of drug-likeness (QED) is 0.271. The van der Waals surface area contributed by atoms with Gasteiger partial charge in [0.15, 0.2) is 0 Å². The first kappa shape index (κ1) is 87.6. The molecule has 0 heterocycles. The van der Waals surface area contributed by atoms with Crippen LogP contribution in [0.5, 0.6) is 0 Å². The Morgan fingerprint density at radius 2 is 0.733 bits per heavy atom. The van der Waals surface area contributed by atoms with Gasteiger partial charge in [0.2, 0.25) is 0 Å². The van der Waals surface area contributed by atoms with Gasteiger partial charge in [0.05, 0.1) is 59.5 Å². The van der Waals surface area contributed by atoms with E-state index in [4.69, 9.17) is 28.8 Å². The second-order valence-corrected chi connectivity index (χ2v) is 3.80. The van der Waals surface area contributed by atoms with E-state index in [0.717, 1.165) is 0 Å². The molecule has 0 aromatic heterocycles. The molecule has 0 fully saturated rings. The Kier molecular flexibility index (Phi) is 230. The van der Waals surface area contributed by atoms with E-state index in [0.29, 0.717) is 52.9 Å². The molecule has 6 heteroatoms. The van der Waals surface area contributed by atoms with Gasteiger partial charge in [-0.3, -0.25) is 0 Å². The minimum atomic E-state index is 0. The third-order valence-corrected chi connectivity index (χ3v) is 2.16. The van der Waals surface area contributed by atoms with Crippen LogP contribution in [0.1, 0.15) is 89.1 Å². The summed E-state index contributed by atoms with van der Waals surface area (Å²) in [5.74, 6) is 0.158. The van der Waals surface area contributed by atoms with Gasteiger partial charge in [-0.25, -0.2) is 0 Å². The van der Waals surface area contributed by atoms with Crippen LogP contribution in [-0.4, -0.2) is 78.8 Å². The molecule has 0 radical (unpaired) electrons. The van der Waals surface area contributed by atoms with E-state index < -0.39 is 0 Å². The molecule has 6 nitrogen and oxygen atoms in total. The summed E-state index contributed by atoms with van der Waals surface area (Å²) in [4.78, 5) is 0. The first-order valence-corrected chi connectivity index (χ1v) is 6.17. The topological polar surface area (TPSA) is 66.4 Å². The second-order valence-electron chi connectivity index (χ2n) is 3.80. The zero-order valence-electron chi connectivity index (χ0n) is 11.4. The molecule has 0 bridgehead atoms. The molecule has 30 heavy (non-hydrogen) atoms. The number of hydrogen-bond acceptors (Lipinski definition) is 6. The lowest BCUT2D eigenvalue weighted by atomic mass is 10.2. The largest absolute Gasteiger partial charge is 0.394 e. The van der Waals surface area contributed by atoms with E-state index in [1.54, 1.807) is 14.2 Å². The third-order valence-electron chi connectivity index (χ3n) is 2.16. The van der Waals surface area contributed by atoms with Crippen molar-refractivity contribution in [3.63, 3.8) is 0 Å². The van der Waals surface area contributed by atoms with E-state index in [1.807, 2.05) is 0 Å². The van der Waals surface area contributed by atoms with E-state index in [2.05, 4.69) is 0 Å². The highest BCUT2D eigenvalue weighted by Crippen LogP contribution is 2.00. The summed E-state index contributed by atoms with van der Waals surface area (Å²) in [5.41, 5.74) is 0. The highest BCUT2D eigenvalue weighted by molar-refractivity contribution is 4.56. The fraction of sp³-hybridized carbons (Fsp3) is 1.00. The Morgan fingerprint density at radius 1 is 0.467 bits per heavy atom. The summed E-state index contributed by atoms with van der Waals surface area (Å²) >= 11 is 0. The van der Waals surface area contributed by atoms with E-state index in [9.17, 15) is 0 Å². The predicted octanol–water partition coefficient (Wildman–Crippen LogP) is 7.57. The summed E-state index contributed by atoms with van der Waals surface area (Å²) in [6, 6.07) is 0. The second kappa shape index (κ2) is 78.9. The van der Waals surface area contributed by atoms with Crippen LogP contribution in [0.4, 0.5) is 0 Å². The zero-order valence-corrected chi connectivity index (χ0v) is 11.4. The standard InChI is InChI=1S/C12H26O6.12CH4/c1-14-5-7-17-10-12(9-16-4-3-13)11-18-8-6-15-2;;;;;;;;;;;;/h12-13H,3-11H2,1-2H3;12*1H4. The average Bonchev–Trinajstić information content (AvgIpc) is 2.39. The lowest BCUT2D eigenvalue weighted by Gasteiger charge is -2.17. The minimum Gasteiger partial charge on any atom is -0.394 e. The van der Waals surface area contributed by atoms with Crippen LogP contribution in [0, 0.1) is 5.92 Å². The first-order valence-electron chi connectivity index (χ1n) is 6.17. The number of aliphatic hydroxyl groups excluding tert-OH is 1. The van der Waals surface area contributed by atoms with Crippen LogP contribution < -0.4 is 0 Å². The van der Waals surface area contributed by atoms with Gasteiger partial charge in [0.25, 0.3) is 0 Å². The fourth-order valence-corrected chi connectivity index (χ4v) is 1.24. The molecule has 0 saturated heterocycles. The summed E-state index contributed by atoms with van der Waals surface area (Å²) in [6.45, 7) is 4.28. The minimum absolute atomic E-state index is 0. The van der Waals surface area contributed by atoms with Crippen LogP contribution in [0.3, 0.4) is 0 Å². The van der Waals surface area contributed by atoms with Crippen LogP contribution >= 0.6 is 0 Å². The lowest BCUT2D eigenvalue weighted by Crippen LogP contribution is -2.24. The van der Waals surface area contributed by atoms with E-state index >= 15 is 0 Å². The van der Waals surface area contributed by atoms with Crippen LogP contribution in [0.25, 0.3) is 0 Å². The van der Waals surface area contributed by atoms with Crippen molar-refractivity contribution in [3.8, 4) is 0 Å². The Bertz CT molecular complexity index is 149. The lowest BCUT2D eigenvalue weighted by molar-refractivity contribution is -0.0273. The van der Waals surface area contributed by atoms with Gasteiger partial charge >= 0.3 is 0 Å². The van der Waals surface area contributed by atoms with Crippen molar-refractivity contribution < 1.29 is 28.8 Å². The van der Waals surface area contributed by atoms with Crippen molar-refractivity contribution in [2.75, 3.05) is 73.7 Å². The number of methoxy groups -OCH3 is 2. The Morgan fingerprint density at radius 3 is 0.967 bits per heavy atom. The molecule has 1 N–H and O–H groups in total. The number of aliphatic hydroxyl groups is 1. The molecule has 206 valence electrons. The summed E-state index contributed by atoms with van der Waals surface area (Å²) in [5, 5.41) is 8.65. The maximum atomic E-state index is 8.65. The predicted molar refractivity (Wildman–Crippen MR) is 148 cm³/mol. The molecular weight excluding hydrogens is 384 g/mol. The van der Waals surface area contributed by atoms with Gasteiger partial charge in [-0.15, -0.1) is 0 Å². The van der Waals surface area contributed by atoms with Gasteiger partial charge in [0.1, 0.15) is 0 Å². The molecule has 0 amide bonds. The smallest absolute Gasteiger partial charge is 0.0700 e. The molecule has 0 spiro atoms. The first-order chi connectivity index (χ1) is 8.85. The molecule has 0 unspecified atom stereocenters. The molecule has 0 aromatic carbocycles. The van der Waals surface area contributed by atoms with Crippen LogP contribution in [0.15, 0.2) is 0 Å². The van der Waals surface area contributed by atoms with Crippen molar-refractivity contribution in [1.29, 1.82) is 0 Å². The van der Waals surface area contributed by atoms with Crippen molar-refractivity contribution in [1.82, 2.24) is 0 Å². The molecular formula is C24H74O6. The Labute approximate surface area is 198 Å². The highest BCUT2D eigenvalue weighted by Gasteiger charge is 2.10. The highest BCUT2D eigenvalue weighted by atomic mass is 16.5. The number of hydrogen-bond donors (Lipinski definition) is 1. The van der Waals surface area contributed by atoms with Crippen LogP contribution in [0.2, 0.25) is 0 Å². The molecule has 0 saturated carbocycles. The molecule has 0 atom stereocenters. The summed E-state index contributed by atoms with van der Waals surface area (Å²) < 4.78 is 26.0. The van der Waals surface area contributed by atoms with Gasteiger partial charge in [-0.1, -0.05) is 89.1 Å². The molecule has 0 aliphatic rings. The maximum absolute atomic E-state index is 8.65. The van der Waals surface area contributed by atoms with Gasteiger partial charge < -0.3 is 28.8 Å². The Hall–Kier alpha value is -0.240. The molecule has 0 aromatic rings. The SMILES string of the molecule is C.C.C.C.C.C.C.C.C.C.C.C.COCCOCC(COCCO)COCCOC. The van der Waals surface area contributed by atoms with Crippen molar-refractivity contribution in [2.45, 2.75) is 89.1 Å². The zero-order chi connectivity index (χ0) is 13.5. The van der Waals surface area contributed by atoms with E-state index in [-0.39, 0.29) is 102 Å². The molecule has 0 aliphatic heterocycles. The Balaban J connectivity index is -0.0000000219. The monoisotopic (exact) mass is 459 g/mol. The number of rotatable bonds is 14. The maximum Gasteiger partial charge on any atom is 0.0700 e. The van der Waals surface area contributed by atoms with Crippen molar-refractivity contribution in [2.24, 2.45) is 5.92 Å². The third kappa shape index (κ3) is 70.8. The van der Waals surface area contributed by atoms with Crippen molar-refractivity contribution >= 4 is 0 Å². The summed E-state index contributed by atoms with van der Waals surface area (Å²) in [6.07, 6.45) is 0. The normalized spacial score (nSPS) is 6.80. The fourth-order valence-electron chi connectivity index (χ4n) is 1.24. The molecule has 0 rings (SSSR count). The number of ether oxygens (including phenoxy) is 5. The van der Waals surface area contributed by atoms with Gasteiger partial charge in [-0.2, -0.15) is 0 Å². The van der Waals surface area contributed by atoms with Crippen molar-refractivity contribution in [3.05, 3.63) is 0 Å². The van der Waals surface area contributed by atoms with Crippen LogP contribution in [-0.2, 0) is 23.7 Å². The van der Waals surface area contributed by atoms with Gasteiger partial charge in [-0.05, 0) is 0 Å². The van der Waals surface area contributed by atoms with Gasteiger partial charge in [0, 0.05) is 20.1 Å². The summed E-state index contributed by atoms with van der Waals surface area (Å²) in [7, 11) is 3.28. The average molecular weight is 459 g/mol. The van der Waals surface area contributed by atoms with E-state index in [1.165, 1.54) is 0 Å². The molecule has 0 aliphatic carbocycles.